The van der Waals surface area contributed by atoms with Crippen molar-refractivity contribution in [3.8, 4) is 0 Å². The average Bonchev–Trinajstić information content (AvgIpc) is 3.26. The van der Waals surface area contributed by atoms with Crippen LogP contribution in [-0.2, 0) is 6.18 Å². The summed E-state index contributed by atoms with van der Waals surface area (Å²) in [5, 5.41) is 6.16. The number of benzene rings is 1. The Labute approximate surface area is 184 Å². The van der Waals surface area contributed by atoms with Crippen molar-refractivity contribution in [1.29, 1.82) is 0 Å². The molecule has 1 aromatic carbocycles. The van der Waals surface area contributed by atoms with Gasteiger partial charge < -0.3 is 20.4 Å². The first kappa shape index (κ1) is 21.6. The largest absolute Gasteiger partial charge is 0.433 e. The van der Waals surface area contributed by atoms with Crippen molar-refractivity contribution < 1.29 is 13.2 Å². The zero-order valence-electron chi connectivity index (χ0n) is 17.0. The second-order valence-electron chi connectivity index (χ2n) is 7.82. The van der Waals surface area contributed by atoms with E-state index in [1.807, 2.05) is 35.2 Å². The fourth-order valence-electron chi connectivity index (χ4n) is 4.02. The number of halogens is 3. The fourth-order valence-corrected chi connectivity index (χ4v) is 4.28. The molecule has 1 saturated heterocycles. The van der Waals surface area contributed by atoms with Gasteiger partial charge in [0.25, 0.3) is 0 Å². The van der Waals surface area contributed by atoms with Crippen molar-refractivity contribution in [2.24, 2.45) is 0 Å². The van der Waals surface area contributed by atoms with Crippen molar-refractivity contribution >= 4 is 34.8 Å². The van der Waals surface area contributed by atoms with Crippen LogP contribution in [0.3, 0.4) is 0 Å². The molecular formula is C21H25F3N6S. The second-order valence-corrected chi connectivity index (χ2v) is 8.23. The smallest absolute Gasteiger partial charge is 0.368 e. The molecule has 6 nitrogen and oxygen atoms in total. The second kappa shape index (κ2) is 9.25. The van der Waals surface area contributed by atoms with Gasteiger partial charge in [0.1, 0.15) is 5.82 Å². The number of nitrogens with zero attached hydrogens (tertiary/aromatic N) is 4. The summed E-state index contributed by atoms with van der Waals surface area (Å²) in [6, 6.07) is 11.2. The quantitative estimate of drug-likeness (QED) is 0.682. The Morgan fingerprint density at radius 3 is 2.26 bits per heavy atom. The van der Waals surface area contributed by atoms with Crippen LogP contribution in [0.2, 0.25) is 0 Å². The van der Waals surface area contributed by atoms with Gasteiger partial charge in [0.15, 0.2) is 10.8 Å². The van der Waals surface area contributed by atoms with Crippen LogP contribution >= 0.6 is 12.2 Å². The summed E-state index contributed by atoms with van der Waals surface area (Å²) in [5.41, 5.74) is 0.126. The van der Waals surface area contributed by atoms with E-state index in [9.17, 15) is 13.2 Å². The molecule has 1 saturated carbocycles. The van der Waals surface area contributed by atoms with Gasteiger partial charge in [-0.1, -0.05) is 31.0 Å². The molecule has 2 heterocycles. The van der Waals surface area contributed by atoms with Gasteiger partial charge in [-0.2, -0.15) is 18.2 Å². The van der Waals surface area contributed by atoms with Crippen LogP contribution in [0.4, 0.5) is 30.6 Å². The number of rotatable bonds is 4. The Morgan fingerprint density at radius 1 is 0.968 bits per heavy atom. The summed E-state index contributed by atoms with van der Waals surface area (Å²) >= 11 is 5.27. The number of hydrogen-bond donors (Lipinski definition) is 2. The Morgan fingerprint density at radius 2 is 1.61 bits per heavy atom. The lowest BCUT2D eigenvalue weighted by Gasteiger charge is -2.37. The highest BCUT2D eigenvalue weighted by Gasteiger charge is 2.34. The zero-order valence-corrected chi connectivity index (χ0v) is 17.8. The summed E-state index contributed by atoms with van der Waals surface area (Å²) in [4.78, 5) is 12.1. The van der Waals surface area contributed by atoms with Crippen molar-refractivity contribution in [1.82, 2.24) is 15.3 Å². The molecule has 0 spiro atoms. The van der Waals surface area contributed by atoms with E-state index in [4.69, 9.17) is 12.2 Å². The van der Waals surface area contributed by atoms with Crippen LogP contribution in [0.15, 0.2) is 36.4 Å². The summed E-state index contributed by atoms with van der Waals surface area (Å²) in [6.07, 6.45) is -0.316. The highest BCUT2D eigenvalue weighted by molar-refractivity contribution is 7.80. The number of hydrogen-bond acceptors (Lipinski definition) is 5. The van der Waals surface area contributed by atoms with Crippen molar-refractivity contribution in [3.63, 3.8) is 0 Å². The van der Waals surface area contributed by atoms with E-state index in [0.717, 1.165) is 37.4 Å². The van der Waals surface area contributed by atoms with Gasteiger partial charge in [0.05, 0.1) is 0 Å². The molecule has 1 aliphatic heterocycles. The fraction of sp³-hybridized carbons (Fsp3) is 0.476. The van der Waals surface area contributed by atoms with Gasteiger partial charge in [0, 0.05) is 44.0 Å². The molecule has 1 aromatic heterocycles. The molecule has 1 aliphatic carbocycles. The standard InChI is InChI=1S/C21H25F3N6S/c22-21(23,24)17-14-18(27-19(26-17)28-20(31)25-15-6-4-5-7-15)30-12-10-29(11-13-30)16-8-2-1-3-9-16/h1-3,8-9,14-15H,4-7,10-13H2,(H2,25,26,27,28,31). The van der Waals surface area contributed by atoms with E-state index >= 15 is 0 Å². The Kier molecular flexibility index (Phi) is 6.45. The van der Waals surface area contributed by atoms with E-state index in [0.29, 0.717) is 26.2 Å². The average molecular weight is 451 g/mol. The molecule has 0 unspecified atom stereocenters. The number of para-hydroxylation sites is 1. The third-order valence-corrected chi connectivity index (χ3v) is 5.86. The van der Waals surface area contributed by atoms with E-state index < -0.39 is 11.9 Å². The van der Waals surface area contributed by atoms with Gasteiger partial charge >= 0.3 is 6.18 Å². The van der Waals surface area contributed by atoms with E-state index in [-0.39, 0.29) is 22.9 Å². The van der Waals surface area contributed by atoms with E-state index in [2.05, 4.69) is 25.5 Å². The molecule has 31 heavy (non-hydrogen) atoms. The molecule has 166 valence electrons. The predicted molar refractivity (Wildman–Crippen MR) is 120 cm³/mol. The number of thiocarbonyl (C=S) groups is 1. The summed E-state index contributed by atoms with van der Waals surface area (Å²) in [6.45, 7) is 2.51. The van der Waals surface area contributed by atoms with Crippen LogP contribution < -0.4 is 20.4 Å². The first-order chi connectivity index (χ1) is 14.9. The topological polar surface area (TPSA) is 56.3 Å². The molecule has 0 amide bonds. The third kappa shape index (κ3) is 5.55. The number of nitrogens with one attached hydrogen (secondary N) is 2. The molecule has 0 bridgehead atoms. The minimum Gasteiger partial charge on any atom is -0.368 e. The van der Waals surface area contributed by atoms with E-state index in [1.54, 1.807) is 0 Å². The molecule has 0 radical (unpaired) electrons. The normalized spacial score (nSPS) is 17.6. The number of piperazine rings is 1. The molecule has 2 N–H and O–H groups in total. The lowest BCUT2D eigenvalue weighted by molar-refractivity contribution is -0.141. The van der Waals surface area contributed by atoms with E-state index in [1.165, 1.54) is 0 Å². The monoisotopic (exact) mass is 450 g/mol. The third-order valence-electron chi connectivity index (χ3n) is 5.64. The van der Waals surface area contributed by atoms with Gasteiger partial charge in [-0.15, -0.1) is 0 Å². The van der Waals surface area contributed by atoms with Crippen molar-refractivity contribution in [2.45, 2.75) is 37.9 Å². The van der Waals surface area contributed by atoms with Crippen LogP contribution in [0.5, 0.6) is 0 Å². The molecular weight excluding hydrogens is 425 g/mol. The predicted octanol–water partition coefficient (Wildman–Crippen LogP) is 4.05. The molecule has 0 atom stereocenters. The number of alkyl halides is 3. The maximum absolute atomic E-state index is 13.5. The summed E-state index contributed by atoms with van der Waals surface area (Å²) < 4.78 is 40.4. The zero-order chi connectivity index (χ0) is 21.8. The van der Waals surface area contributed by atoms with Crippen LogP contribution in [0.1, 0.15) is 31.4 Å². The van der Waals surface area contributed by atoms with Crippen LogP contribution in [-0.4, -0.2) is 47.3 Å². The molecule has 4 rings (SSSR count). The van der Waals surface area contributed by atoms with Gasteiger partial charge in [0.2, 0.25) is 5.95 Å². The van der Waals surface area contributed by atoms with Gasteiger partial charge in [-0.25, -0.2) is 4.98 Å². The van der Waals surface area contributed by atoms with Gasteiger partial charge in [-0.3, -0.25) is 0 Å². The molecule has 2 aromatic rings. The minimum atomic E-state index is -4.57. The maximum atomic E-state index is 13.5. The molecule has 2 fully saturated rings. The van der Waals surface area contributed by atoms with Crippen molar-refractivity contribution in [2.75, 3.05) is 41.3 Å². The minimum absolute atomic E-state index is 0.134. The highest BCUT2D eigenvalue weighted by Crippen LogP contribution is 2.31. The molecule has 2 aliphatic rings. The summed E-state index contributed by atoms with van der Waals surface area (Å²) in [7, 11) is 0. The van der Waals surface area contributed by atoms with Crippen LogP contribution in [0.25, 0.3) is 0 Å². The number of aromatic nitrogens is 2. The first-order valence-corrected chi connectivity index (χ1v) is 10.9. The van der Waals surface area contributed by atoms with Gasteiger partial charge in [-0.05, 0) is 37.2 Å². The summed E-state index contributed by atoms with van der Waals surface area (Å²) in [5.74, 6) is 0.118. The Bertz CT molecular complexity index is 894. The first-order valence-electron chi connectivity index (χ1n) is 10.5. The molecule has 10 heteroatoms. The Balaban J connectivity index is 1.47. The SMILES string of the molecule is FC(F)(F)c1cc(N2CCN(c3ccccc3)CC2)nc(NC(=S)NC2CCCC2)n1. The number of anilines is 3. The Hall–Kier alpha value is -2.62. The maximum Gasteiger partial charge on any atom is 0.433 e. The lowest BCUT2D eigenvalue weighted by atomic mass is 10.2. The lowest BCUT2D eigenvalue weighted by Crippen LogP contribution is -2.47. The van der Waals surface area contributed by atoms with Crippen LogP contribution in [0, 0.1) is 0 Å². The van der Waals surface area contributed by atoms with Crippen molar-refractivity contribution in [3.05, 3.63) is 42.1 Å². The highest BCUT2D eigenvalue weighted by atomic mass is 32.1.